The summed E-state index contributed by atoms with van der Waals surface area (Å²) in [5.74, 6) is 0.155. The SMILES string of the molecule is CC(CN1CCc2nc(N)[nH]c(=O)c2C1)NC(=O)OC(C)(C)C. The summed E-state index contributed by atoms with van der Waals surface area (Å²) in [6.45, 7) is 9.27. The molecule has 1 aromatic rings. The van der Waals surface area contributed by atoms with Gasteiger partial charge in [0.2, 0.25) is 5.95 Å². The predicted octanol–water partition coefficient (Wildman–Crippen LogP) is 0.623. The van der Waals surface area contributed by atoms with Crippen molar-refractivity contribution in [2.45, 2.75) is 52.3 Å². The van der Waals surface area contributed by atoms with Gasteiger partial charge in [0.15, 0.2) is 0 Å². The topological polar surface area (TPSA) is 113 Å². The van der Waals surface area contributed by atoms with Crippen LogP contribution in [0.5, 0.6) is 0 Å². The van der Waals surface area contributed by atoms with E-state index in [9.17, 15) is 9.59 Å². The van der Waals surface area contributed by atoms with Gasteiger partial charge in [-0.1, -0.05) is 0 Å². The van der Waals surface area contributed by atoms with Crippen molar-refractivity contribution in [3.8, 4) is 0 Å². The number of nitrogens with two attached hydrogens (primary N) is 1. The summed E-state index contributed by atoms with van der Waals surface area (Å²) >= 11 is 0. The van der Waals surface area contributed by atoms with Crippen molar-refractivity contribution < 1.29 is 9.53 Å². The highest BCUT2D eigenvalue weighted by molar-refractivity contribution is 5.68. The summed E-state index contributed by atoms with van der Waals surface area (Å²) in [7, 11) is 0. The molecule has 0 spiro atoms. The Morgan fingerprint density at radius 1 is 1.52 bits per heavy atom. The molecule has 4 N–H and O–H groups in total. The van der Waals surface area contributed by atoms with E-state index < -0.39 is 11.7 Å². The molecule has 2 rings (SSSR count). The number of amides is 1. The zero-order chi connectivity index (χ0) is 17.2. The molecule has 23 heavy (non-hydrogen) atoms. The molecule has 0 fully saturated rings. The first-order chi connectivity index (χ1) is 10.6. The molecule has 1 aliphatic rings. The average Bonchev–Trinajstić information content (AvgIpc) is 2.36. The van der Waals surface area contributed by atoms with Crippen LogP contribution in [-0.4, -0.2) is 45.7 Å². The number of nitrogens with one attached hydrogen (secondary N) is 2. The molecule has 1 atom stereocenters. The van der Waals surface area contributed by atoms with E-state index in [1.54, 1.807) is 0 Å². The first-order valence-electron chi connectivity index (χ1n) is 7.73. The summed E-state index contributed by atoms with van der Waals surface area (Å²) in [6, 6.07) is -0.0905. The molecule has 0 saturated heterocycles. The summed E-state index contributed by atoms with van der Waals surface area (Å²) in [5, 5.41) is 2.81. The van der Waals surface area contributed by atoms with Crippen LogP contribution < -0.4 is 16.6 Å². The van der Waals surface area contributed by atoms with Crippen molar-refractivity contribution >= 4 is 12.0 Å². The first kappa shape index (κ1) is 17.3. The average molecular weight is 323 g/mol. The number of ether oxygens (including phenoxy) is 1. The molecule has 2 heterocycles. The van der Waals surface area contributed by atoms with Gasteiger partial charge in [0.05, 0.1) is 11.3 Å². The number of hydrogen-bond acceptors (Lipinski definition) is 6. The van der Waals surface area contributed by atoms with E-state index in [1.807, 2.05) is 27.7 Å². The minimum atomic E-state index is -0.521. The second-order valence-corrected chi connectivity index (χ2v) is 6.91. The number of alkyl carbamates (subject to hydrolysis) is 1. The Morgan fingerprint density at radius 3 is 2.87 bits per heavy atom. The summed E-state index contributed by atoms with van der Waals surface area (Å²) in [4.78, 5) is 32.5. The van der Waals surface area contributed by atoms with Crippen molar-refractivity contribution in [3.05, 3.63) is 21.6 Å². The molecular formula is C15H25N5O3. The Balaban J connectivity index is 1.92. The molecule has 0 aromatic carbocycles. The molecule has 1 aliphatic heterocycles. The highest BCUT2D eigenvalue weighted by Crippen LogP contribution is 2.14. The van der Waals surface area contributed by atoms with Gasteiger partial charge < -0.3 is 15.8 Å². The second-order valence-electron chi connectivity index (χ2n) is 6.91. The fourth-order valence-corrected chi connectivity index (χ4v) is 2.60. The van der Waals surface area contributed by atoms with E-state index >= 15 is 0 Å². The monoisotopic (exact) mass is 323 g/mol. The fraction of sp³-hybridized carbons (Fsp3) is 0.667. The molecule has 128 valence electrons. The minimum Gasteiger partial charge on any atom is -0.444 e. The maximum Gasteiger partial charge on any atom is 0.407 e. The van der Waals surface area contributed by atoms with Crippen LogP contribution in [0.4, 0.5) is 10.7 Å². The van der Waals surface area contributed by atoms with Crippen LogP contribution in [-0.2, 0) is 17.7 Å². The number of anilines is 1. The van der Waals surface area contributed by atoms with Gasteiger partial charge in [-0.25, -0.2) is 9.78 Å². The molecule has 8 nitrogen and oxygen atoms in total. The highest BCUT2D eigenvalue weighted by Gasteiger charge is 2.23. The largest absolute Gasteiger partial charge is 0.444 e. The lowest BCUT2D eigenvalue weighted by Crippen LogP contribution is -2.46. The standard InChI is InChI=1S/C15H25N5O3/c1-9(17-14(22)23-15(2,3)4)7-20-6-5-11-10(8-20)12(21)19-13(16)18-11/h9H,5-8H2,1-4H3,(H,17,22)(H3,16,18,19,21). The summed E-state index contributed by atoms with van der Waals surface area (Å²) in [5.41, 5.74) is 6.26. The van der Waals surface area contributed by atoms with E-state index in [2.05, 4.69) is 20.2 Å². The van der Waals surface area contributed by atoms with Crippen LogP contribution in [0.25, 0.3) is 0 Å². The maximum atomic E-state index is 12.0. The van der Waals surface area contributed by atoms with Crippen molar-refractivity contribution in [3.63, 3.8) is 0 Å². The number of nitrogen functional groups attached to an aromatic ring is 1. The van der Waals surface area contributed by atoms with Gasteiger partial charge in [-0.3, -0.25) is 14.7 Å². The van der Waals surface area contributed by atoms with Crippen molar-refractivity contribution in [2.24, 2.45) is 0 Å². The molecule has 0 saturated carbocycles. The van der Waals surface area contributed by atoms with Crippen LogP contribution >= 0.6 is 0 Å². The zero-order valence-electron chi connectivity index (χ0n) is 14.1. The first-order valence-corrected chi connectivity index (χ1v) is 7.73. The number of fused-ring (bicyclic) bond motifs is 1. The molecule has 0 aliphatic carbocycles. The Bertz CT molecular complexity index is 635. The molecule has 0 radical (unpaired) electrons. The molecule has 1 aromatic heterocycles. The van der Waals surface area contributed by atoms with Gasteiger partial charge >= 0.3 is 6.09 Å². The highest BCUT2D eigenvalue weighted by atomic mass is 16.6. The number of aromatic nitrogens is 2. The van der Waals surface area contributed by atoms with E-state index in [4.69, 9.17) is 10.5 Å². The van der Waals surface area contributed by atoms with Crippen molar-refractivity contribution in [1.82, 2.24) is 20.2 Å². The maximum absolute atomic E-state index is 12.0. The van der Waals surface area contributed by atoms with Gasteiger partial charge in [-0.2, -0.15) is 0 Å². The Labute approximate surface area is 135 Å². The van der Waals surface area contributed by atoms with Crippen LogP contribution in [0.3, 0.4) is 0 Å². The van der Waals surface area contributed by atoms with E-state index in [1.165, 1.54) is 0 Å². The third-order valence-corrected chi connectivity index (χ3v) is 3.46. The zero-order valence-corrected chi connectivity index (χ0v) is 14.1. The van der Waals surface area contributed by atoms with Gasteiger partial charge in [-0.15, -0.1) is 0 Å². The predicted molar refractivity (Wildman–Crippen MR) is 87.1 cm³/mol. The number of H-pyrrole nitrogens is 1. The van der Waals surface area contributed by atoms with Gasteiger partial charge in [0.25, 0.3) is 5.56 Å². The molecule has 1 amide bonds. The number of rotatable bonds is 3. The van der Waals surface area contributed by atoms with Gasteiger partial charge in [0, 0.05) is 32.1 Å². The lowest BCUT2D eigenvalue weighted by Gasteiger charge is -2.30. The Morgan fingerprint density at radius 2 is 2.22 bits per heavy atom. The molecule has 8 heteroatoms. The number of nitrogens with zero attached hydrogens (tertiary/aromatic N) is 2. The molecular weight excluding hydrogens is 298 g/mol. The lowest BCUT2D eigenvalue weighted by atomic mass is 10.1. The lowest BCUT2D eigenvalue weighted by molar-refractivity contribution is 0.0495. The van der Waals surface area contributed by atoms with Crippen LogP contribution in [0.1, 0.15) is 39.0 Å². The molecule has 0 bridgehead atoms. The van der Waals surface area contributed by atoms with Gasteiger partial charge in [-0.05, 0) is 27.7 Å². The quantitative estimate of drug-likeness (QED) is 0.751. The normalized spacial score (nSPS) is 16.5. The third-order valence-electron chi connectivity index (χ3n) is 3.46. The summed E-state index contributed by atoms with van der Waals surface area (Å²) < 4.78 is 5.24. The Hall–Kier alpha value is -2.09. The summed E-state index contributed by atoms with van der Waals surface area (Å²) in [6.07, 6.45) is 0.234. The van der Waals surface area contributed by atoms with E-state index in [0.29, 0.717) is 25.1 Å². The van der Waals surface area contributed by atoms with E-state index in [-0.39, 0.29) is 17.5 Å². The number of carbonyl (C=O) groups excluding carboxylic acids is 1. The van der Waals surface area contributed by atoms with Crippen LogP contribution in [0, 0.1) is 0 Å². The van der Waals surface area contributed by atoms with Crippen molar-refractivity contribution in [2.75, 3.05) is 18.8 Å². The number of hydrogen-bond donors (Lipinski definition) is 3. The third kappa shape index (κ3) is 4.95. The van der Waals surface area contributed by atoms with Crippen LogP contribution in [0.15, 0.2) is 4.79 Å². The smallest absolute Gasteiger partial charge is 0.407 e. The second kappa shape index (κ2) is 6.57. The van der Waals surface area contributed by atoms with Gasteiger partial charge in [0.1, 0.15) is 5.60 Å². The fourth-order valence-electron chi connectivity index (χ4n) is 2.60. The number of carbonyl (C=O) groups is 1. The minimum absolute atomic E-state index is 0.0905. The van der Waals surface area contributed by atoms with E-state index in [0.717, 1.165) is 12.2 Å². The molecule has 1 unspecified atom stereocenters. The number of aromatic amines is 1. The van der Waals surface area contributed by atoms with Crippen molar-refractivity contribution in [1.29, 1.82) is 0 Å². The van der Waals surface area contributed by atoms with Crippen LogP contribution in [0.2, 0.25) is 0 Å². The Kier molecular flexibility index (Phi) is 4.93.